The van der Waals surface area contributed by atoms with Crippen LogP contribution in [0.5, 0.6) is 0 Å². The van der Waals surface area contributed by atoms with Crippen LogP contribution in [-0.2, 0) is 0 Å². The number of nitro benzene ring substituents is 1. The van der Waals surface area contributed by atoms with Gasteiger partial charge in [0, 0.05) is 35.3 Å². The molecule has 20 heavy (non-hydrogen) atoms. The number of hydrogen-bond acceptors (Lipinski definition) is 5. The number of thioether (sulfide) groups is 1. The molecular weight excluding hydrogens is 283 g/mol. The molecule has 0 unspecified atom stereocenters. The second-order valence-corrected chi connectivity index (χ2v) is 4.95. The number of pyridine rings is 1. The number of aliphatic hydroxyl groups is 1. The van der Waals surface area contributed by atoms with Crippen LogP contribution in [0.4, 0.5) is 10.1 Å². The zero-order valence-electron chi connectivity index (χ0n) is 10.3. The quantitative estimate of drug-likeness (QED) is 0.521. The zero-order chi connectivity index (χ0) is 14.5. The van der Waals surface area contributed by atoms with Crippen LogP contribution in [0.2, 0.25) is 0 Å². The predicted octanol–water partition coefficient (Wildman–Crippen LogP) is 2.88. The summed E-state index contributed by atoms with van der Waals surface area (Å²) in [4.78, 5) is 14.6. The van der Waals surface area contributed by atoms with Crippen LogP contribution in [0.25, 0.3) is 11.1 Å². The normalized spacial score (nSPS) is 10.5. The van der Waals surface area contributed by atoms with Crippen molar-refractivity contribution in [1.82, 2.24) is 4.98 Å². The van der Waals surface area contributed by atoms with Gasteiger partial charge < -0.3 is 5.11 Å². The Morgan fingerprint density at radius 2 is 2.20 bits per heavy atom. The van der Waals surface area contributed by atoms with Gasteiger partial charge in [0.25, 0.3) is 5.69 Å². The molecule has 0 atom stereocenters. The Kier molecular flexibility index (Phi) is 4.65. The fourth-order valence-electron chi connectivity index (χ4n) is 1.76. The SMILES string of the molecule is O=[N+]([O-])c1ccc(F)c(-c2cccnc2)c1SCCO. The number of benzene rings is 1. The second kappa shape index (κ2) is 6.44. The molecule has 0 radical (unpaired) electrons. The maximum absolute atomic E-state index is 14.1. The molecule has 104 valence electrons. The molecule has 0 amide bonds. The van der Waals surface area contributed by atoms with Gasteiger partial charge in [-0.1, -0.05) is 6.07 Å². The summed E-state index contributed by atoms with van der Waals surface area (Å²) >= 11 is 1.05. The third-order valence-corrected chi connectivity index (χ3v) is 3.66. The summed E-state index contributed by atoms with van der Waals surface area (Å²) in [5, 5.41) is 20.0. The maximum Gasteiger partial charge on any atom is 0.283 e. The van der Waals surface area contributed by atoms with Gasteiger partial charge in [0.1, 0.15) is 5.82 Å². The van der Waals surface area contributed by atoms with Crippen molar-refractivity contribution in [1.29, 1.82) is 0 Å². The number of nitrogens with zero attached hydrogens (tertiary/aromatic N) is 2. The maximum atomic E-state index is 14.1. The Hall–Kier alpha value is -1.99. The first-order valence-electron chi connectivity index (χ1n) is 5.76. The molecule has 7 heteroatoms. The van der Waals surface area contributed by atoms with Crippen LogP contribution in [-0.4, -0.2) is 27.4 Å². The van der Waals surface area contributed by atoms with E-state index >= 15 is 0 Å². The number of rotatable bonds is 5. The molecule has 0 aliphatic heterocycles. The van der Waals surface area contributed by atoms with E-state index < -0.39 is 10.7 Å². The van der Waals surface area contributed by atoms with Gasteiger partial charge in [0.05, 0.1) is 16.4 Å². The fourth-order valence-corrected chi connectivity index (χ4v) is 2.71. The lowest BCUT2D eigenvalue weighted by molar-refractivity contribution is -0.387. The van der Waals surface area contributed by atoms with Gasteiger partial charge in [-0.15, -0.1) is 11.8 Å². The van der Waals surface area contributed by atoms with Crippen molar-refractivity contribution in [3.05, 3.63) is 52.6 Å². The average molecular weight is 294 g/mol. The molecule has 0 saturated heterocycles. The number of aliphatic hydroxyl groups excluding tert-OH is 1. The smallest absolute Gasteiger partial charge is 0.283 e. The summed E-state index contributed by atoms with van der Waals surface area (Å²) in [5.74, 6) is -0.304. The van der Waals surface area contributed by atoms with Crippen molar-refractivity contribution >= 4 is 17.4 Å². The van der Waals surface area contributed by atoms with Crippen molar-refractivity contribution in [3.63, 3.8) is 0 Å². The Balaban J connectivity index is 2.64. The van der Waals surface area contributed by atoms with E-state index in [1.54, 1.807) is 18.3 Å². The van der Waals surface area contributed by atoms with E-state index in [1.807, 2.05) is 0 Å². The summed E-state index contributed by atoms with van der Waals surface area (Å²) < 4.78 is 14.1. The fraction of sp³-hybridized carbons (Fsp3) is 0.154. The lowest BCUT2D eigenvalue weighted by Gasteiger charge is -2.10. The largest absolute Gasteiger partial charge is 0.396 e. The predicted molar refractivity (Wildman–Crippen MR) is 74.1 cm³/mol. The third kappa shape index (κ3) is 2.94. The highest BCUT2D eigenvalue weighted by molar-refractivity contribution is 7.99. The first kappa shape index (κ1) is 14.4. The summed E-state index contributed by atoms with van der Waals surface area (Å²) in [5.41, 5.74) is 0.434. The first-order chi connectivity index (χ1) is 9.65. The summed E-state index contributed by atoms with van der Waals surface area (Å²) in [6.45, 7) is -0.148. The molecule has 1 heterocycles. The molecule has 1 aromatic heterocycles. The molecule has 0 aliphatic rings. The molecule has 1 N–H and O–H groups in total. The highest BCUT2D eigenvalue weighted by Gasteiger charge is 2.22. The van der Waals surface area contributed by atoms with E-state index in [-0.39, 0.29) is 28.5 Å². The molecule has 1 aromatic carbocycles. The molecule has 2 rings (SSSR count). The molecule has 0 spiro atoms. The molecule has 0 bridgehead atoms. The van der Waals surface area contributed by atoms with Crippen molar-refractivity contribution in [3.8, 4) is 11.1 Å². The van der Waals surface area contributed by atoms with Gasteiger partial charge in [0.2, 0.25) is 0 Å². The van der Waals surface area contributed by atoms with Gasteiger partial charge in [-0.05, 0) is 12.1 Å². The van der Waals surface area contributed by atoms with Crippen LogP contribution in [0, 0.1) is 15.9 Å². The van der Waals surface area contributed by atoms with Crippen molar-refractivity contribution in [2.24, 2.45) is 0 Å². The van der Waals surface area contributed by atoms with Crippen LogP contribution in [0.1, 0.15) is 0 Å². The summed E-state index contributed by atoms with van der Waals surface area (Å²) in [6.07, 6.45) is 2.99. The van der Waals surface area contributed by atoms with E-state index in [0.717, 1.165) is 23.9 Å². The second-order valence-electron chi connectivity index (χ2n) is 3.84. The van der Waals surface area contributed by atoms with E-state index in [4.69, 9.17) is 5.11 Å². The van der Waals surface area contributed by atoms with Crippen LogP contribution < -0.4 is 0 Å². The number of aromatic nitrogens is 1. The summed E-state index contributed by atoms with van der Waals surface area (Å²) in [6, 6.07) is 5.48. The van der Waals surface area contributed by atoms with E-state index in [9.17, 15) is 14.5 Å². The molecule has 0 fully saturated rings. The lowest BCUT2D eigenvalue weighted by Crippen LogP contribution is -1.98. The monoisotopic (exact) mass is 294 g/mol. The van der Waals surface area contributed by atoms with Gasteiger partial charge in [-0.3, -0.25) is 15.1 Å². The summed E-state index contributed by atoms with van der Waals surface area (Å²) in [7, 11) is 0. The number of halogens is 1. The third-order valence-electron chi connectivity index (χ3n) is 2.57. The van der Waals surface area contributed by atoms with Gasteiger partial charge in [-0.25, -0.2) is 4.39 Å². The van der Waals surface area contributed by atoms with Crippen molar-refractivity contribution in [2.75, 3.05) is 12.4 Å². The Morgan fingerprint density at radius 1 is 1.40 bits per heavy atom. The molecule has 5 nitrogen and oxygen atoms in total. The van der Waals surface area contributed by atoms with Crippen molar-refractivity contribution in [2.45, 2.75) is 4.90 Å². The number of hydrogen-bond donors (Lipinski definition) is 1. The minimum Gasteiger partial charge on any atom is -0.396 e. The minimum atomic E-state index is -0.557. The van der Waals surface area contributed by atoms with Crippen molar-refractivity contribution < 1.29 is 14.4 Å². The average Bonchev–Trinajstić information content (AvgIpc) is 2.45. The molecule has 2 aromatic rings. The highest BCUT2D eigenvalue weighted by Crippen LogP contribution is 2.39. The lowest BCUT2D eigenvalue weighted by atomic mass is 10.1. The Morgan fingerprint density at radius 3 is 2.80 bits per heavy atom. The molecular formula is C13H11FN2O3S. The van der Waals surface area contributed by atoms with Crippen LogP contribution in [0.15, 0.2) is 41.6 Å². The van der Waals surface area contributed by atoms with Crippen LogP contribution in [0.3, 0.4) is 0 Å². The van der Waals surface area contributed by atoms with E-state index in [0.29, 0.717) is 5.56 Å². The topological polar surface area (TPSA) is 76.3 Å². The zero-order valence-corrected chi connectivity index (χ0v) is 11.1. The molecule has 0 saturated carbocycles. The van der Waals surface area contributed by atoms with Gasteiger partial charge in [0.15, 0.2) is 0 Å². The Labute approximate surface area is 118 Å². The minimum absolute atomic E-state index is 0.144. The van der Waals surface area contributed by atoms with Crippen LogP contribution >= 0.6 is 11.8 Å². The van der Waals surface area contributed by atoms with E-state index in [1.165, 1.54) is 6.20 Å². The standard InChI is InChI=1S/C13H11FN2O3S/c14-10-3-4-11(16(18)19)13(20-7-6-17)12(10)9-2-1-5-15-8-9/h1-5,8,17H,6-7H2. The Bertz CT molecular complexity index is 623. The number of nitro groups is 1. The highest BCUT2D eigenvalue weighted by atomic mass is 32.2. The molecule has 0 aliphatic carbocycles. The van der Waals surface area contributed by atoms with Gasteiger partial charge in [-0.2, -0.15) is 0 Å². The van der Waals surface area contributed by atoms with E-state index in [2.05, 4.69) is 4.98 Å². The van der Waals surface area contributed by atoms with Gasteiger partial charge >= 0.3 is 0 Å². The first-order valence-corrected chi connectivity index (χ1v) is 6.74.